The molecule has 1 saturated carbocycles. The van der Waals surface area contributed by atoms with Crippen molar-refractivity contribution in [3.63, 3.8) is 0 Å². The van der Waals surface area contributed by atoms with Gasteiger partial charge in [0.25, 0.3) is 5.91 Å². The van der Waals surface area contributed by atoms with Crippen molar-refractivity contribution in [1.29, 1.82) is 0 Å². The number of aromatic amines is 1. The van der Waals surface area contributed by atoms with E-state index in [0.717, 1.165) is 12.8 Å². The van der Waals surface area contributed by atoms with E-state index in [1.807, 2.05) is 0 Å². The van der Waals surface area contributed by atoms with Gasteiger partial charge in [-0.05, 0) is 37.0 Å². The van der Waals surface area contributed by atoms with Crippen LogP contribution in [0.5, 0.6) is 5.88 Å². The number of aromatic nitrogens is 2. The molecule has 0 bridgehead atoms. The van der Waals surface area contributed by atoms with E-state index < -0.39 is 21.6 Å². The highest BCUT2D eigenvalue weighted by atomic mass is 32.2. The molecule has 154 valence electrons. The second kappa shape index (κ2) is 7.64. The molecule has 1 amide bonds. The lowest BCUT2D eigenvalue weighted by Gasteiger charge is -2.21. The predicted octanol–water partition coefficient (Wildman–Crippen LogP) is 2.46. The SMILES string of the molecule is NCS(=O)(=O)c1ccc2[nH]c3c(C(N)=O)nc(OCC4CCCCC4)cc3c2c1. The number of H-pyrrole nitrogens is 1. The van der Waals surface area contributed by atoms with E-state index in [2.05, 4.69) is 9.97 Å². The van der Waals surface area contributed by atoms with Gasteiger partial charge in [0.2, 0.25) is 5.88 Å². The number of primary amides is 1. The molecule has 0 atom stereocenters. The highest BCUT2D eigenvalue weighted by Crippen LogP contribution is 2.32. The van der Waals surface area contributed by atoms with Crippen LogP contribution >= 0.6 is 0 Å². The first-order chi connectivity index (χ1) is 13.9. The number of fused-ring (bicyclic) bond motifs is 3. The molecular formula is C20H24N4O4S. The van der Waals surface area contributed by atoms with Crippen molar-refractivity contribution in [1.82, 2.24) is 9.97 Å². The molecule has 1 fully saturated rings. The van der Waals surface area contributed by atoms with Gasteiger partial charge in [-0.25, -0.2) is 13.4 Å². The zero-order valence-electron chi connectivity index (χ0n) is 16.0. The lowest BCUT2D eigenvalue weighted by Crippen LogP contribution is -2.17. The Kier molecular flexibility index (Phi) is 5.18. The summed E-state index contributed by atoms with van der Waals surface area (Å²) in [6.45, 7) is 0.534. The second-order valence-electron chi connectivity index (χ2n) is 7.52. The quantitative estimate of drug-likeness (QED) is 0.563. The molecular weight excluding hydrogens is 392 g/mol. The number of hydrogen-bond donors (Lipinski definition) is 3. The molecule has 3 aromatic rings. The van der Waals surface area contributed by atoms with Crippen LogP contribution in [0.25, 0.3) is 21.8 Å². The van der Waals surface area contributed by atoms with E-state index in [-0.39, 0.29) is 10.6 Å². The minimum atomic E-state index is -3.57. The first kappa shape index (κ1) is 19.7. The Morgan fingerprint density at radius 3 is 2.62 bits per heavy atom. The number of carbonyl (C=O) groups excluding carboxylic acids is 1. The molecule has 0 unspecified atom stereocenters. The fourth-order valence-electron chi connectivity index (χ4n) is 3.95. The summed E-state index contributed by atoms with van der Waals surface area (Å²) in [6, 6.07) is 6.40. The summed E-state index contributed by atoms with van der Waals surface area (Å²) in [7, 11) is -3.57. The number of nitrogens with zero attached hydrogens (tertiary/aromatic N) is 1. The number of amides is 1. The molecule has 2 heterocycles. The monoisotopic (exact) mass is 416 g/mol. The topological polar surface area (TPSA) is 141 Å². The van der Waals surface area contributed by atoms with Gasteiger partial charge in [-0.1, -0.05) is 19.3 Å². The van der Waals surface area contributed by atoms with Crippen LogP contribution in [-0.4, -0.2) is 36.8 Å². The fourth-order valence-corrected chi connectivity index (χ4v) is 4.71. The number of pyridine rings is 1. The molecule has 0 radical (unpaired) electrons. The number of rotatable bonds is 6. The maximum atomic E-state index is 12.2. The van der Waals surface area contributed by atoms with E-state index in [9.17, 15) is 13.2 Å². The van der Waals surface area contributed by atoms with Crippen LogP contribution in [0.3, 0.4) is 0 Å². The molecule has 1 aliphatic rings. The summed E-state index contributed by atoms with van der Waals surface area (Å²) >= 11 is 0. The number of benzene rings is 1. The van der Waals surface area contributed by atoms with Gasteiger partial charge in [-0.3, -0.25) is 4.79 Å². The van der Waals surface area contributed by atoms with E-state index in [4.69, 9.17) is 16.2 Å². The first-order valence-corrected chi connectivity index (χ1v) is 11.4. The van der Waals surface area contributed by atoms with E-state index in [1.54, 1.807) is 18.2 Å². The number of sulfone groups is 1. The van der Waals surface area contributed by atoms with Gasteiger partial charge < -0.3 is 21.2 Å². The highest BCUT2D eigenvalue weighted by Gasteiger charge is 2.20. The maximum absolute atomic E-state index is 12.2. The molecule has 0 spiro atoms. The average Bonchev–Trinajstić information content (AvgIpc) is 3.10. The van der Waals surface area contributed by atoms with Gasteiger partial charge in [0, 0.05) is 22.4 Å². The van der Waals surface area contributed by atoms with Crippen molar-refractivity contribution in [3.05, 3.63) is 30.0 Å². The number of ether oxygens (including phenoxy) is 1. The molecule has 8 nitrogen and oxygen atoms in total. The smallest absolute Gasteiger partial charge is 0.269 e. The fraction of sp³-hybridized carbons (Fsp3) is 0.400. The number of carbonyl (C=O) groups is 1. The Labute approximate surface area is 168 Å². The molecule has 1 aromatic carbocycles. The van der Waals surface area contributed by atoms with Crippen molar-refractivity contribution in [2.75, 3.05) is 12.5 Å². The minimum Gasteiger partial charge on any atom is -0.477 e. The van der Waals surface area contributed by atoms with Crippen LogP contribution in [0.1, 0.15) is 42.6 Å². The first-order valence-electron chi connectivity index (χ1n) is 9.71. The molecule has 0 saturated heterocycles. The standard InChI is InChI=1S/C20H24N4O4S/c21-11-29(26,27)13-6-7-16-14(8-13)15-9-17(24-19(20(22)25)18(15)23-16)28-10-12-4-2-1-3-5-12/h6-9,12,23H,1-5,10-11,21H2,(H2,22,25). The lowest BCUT2D eigenvalue weighted by molar-refractivity contribution is 0.0995. The highest BCUT2D eigenvalue weighted by molar-refractivity contribution is 7.91. The molecule has 1 aliphatic carbocycles. The summed E-state index contributed by atoms with van der Waals surface area (Å²) in [4.78, 5) is 19.5. The van der Waals surface area contributed by atoms with Crippen LogP contribution in [0.4, 0.5) is 0 Å². The van der Waals surface area contributed by atoms with Gasteiger partial charge in [0.15, 0.2) is 15.5 Å². The van der Waals surface area contributed by atoms with Crippen molar-refractivity contribution >= 4 is 37.6 Å². The van der Waals surface area contributed by atoms with Crippen LogP contribution in [-0.2, 0) is 9.84 Å². The van der Waals surface area contributed by atoms with Crippen molar-refractivity contribution in [2.45, 2.75) is 37.0 Å². The summed E-state index contributed by atoms with van der Waals surface area (Å²) in [6.07, 6.45) is 5.91. The third-order valence-corrected chi connectivity index (χ3v) is 6.95. The minimum absolute atomic E-state index is 0.0700. The van der Waals surface area contributed by atoms with E-state index in [1.165, 1.54) is 25.3 Å². The summed E-state index contributed by atoms with van der Waals surface area (Å²) < 4.78 is 30.3. The van der Waals surface area contributed by atoms with Gasteiger partial charge in [-0.2, -0.15) is 0 Å². The molecule has 9 heteroatoms. The Morgan fingerprint density at radius 1 is 1.17 bits per heavy atom. The van der Waals surface area contributed by atoms with Crippen molar-refractivity contribution in [2.24, 2.45) is 17.4 Å². The summed E-state index contributed by atoms with van der Waals surface area (Å²) in [5.41, 5.74) is 12.1. The zero-order chi connectivity index (χ0) is 20.6. The Hall–Kier alpha value is -2.65. The number of hydrogen-bond acceptors (Lipinski definition) is 6. The number of nitrogens with one attached hydrogen (secondary N) is 1. The van der Waals surface area contributed by atoms with Crippen LogP contribution in [0.2, 0.25) is 0 Å². The molecule has 0 aliphatic heterocycles. The van der Waals surface area contributed by atoms with Crippen LogP contribution in [0.15, 0.2) is 29.2 Å². The second-order valence-corrected chi connectivity index (χ2v) is 9.56. The summed E-state index contributed by atoms with van der Waals surface area (Å²) in [5.74, 6) is -0.378. The van der Waals surface area contributed by atoms with Crippen LogP contribution in [0, 0.1) is 5.92 Å². The van der Waals surface area contributed by atoms with Gasteiger partial charge in [-0.15, -0.1) is 0 Å². The third kappa shape index (κ3) is 3.79. The predicted molar refractivity (Wildman–Crippen MR) is 110 cm³/mol. The van der Waals surface area contributed by atoms with Crippen molar-refractivity contribution < 1.29 is 17.9 Å². The Bertz CT molecular complexity index is 1180. The van der Waals surface area contributed by atoms with Gasteiger partial charge in [0.1, 0.15) is 5.88 Å². The van der Waals surface area contributed by atoms with Crippen molar-refractivity contribution in [3.8, 4) is 5.88 Å². The number of nitrogens with two attached hydrogens (primary N) is 2. The Balaban J connectivity index is 1.80. The lowest BCUT2D eigenvalue weighted by atomic mass is 9.90. The molecule has 2 aromatic heterocycles. The van der Waals surface area contributed by atoms with Crippen LogP contribution < -0.4 is 16.2 Å². The third-order valence-electron chi connectivity index (χ3n) is 5.54. The molecule has 5 N–H and O–H groups in total. The zero-order valence-corrected chi connectivity index (χ0v) is 16.8. The largest absolute Gasteiger partial charge is 0.477 e. The summed E-state index contributed by atoms with van der Waals surface area (Å²) in [5, 5.41) is 1.28. The van der Waals surface area contributed by atoms with Gasteiger partial charge in [0.05, 0.1) is 17.0 Å². The molecule has 29 heavy (non-hydrogen) atoms. The Morgan fingerprint density at radius 2 is 1.93 bits per heavy atom. The maximum Gasteiger partial charge on any atom is 0.269 e. The average molecular weight is 417 g/mol. The molecule has 4 rings (SSSR count). The van der Waals surface area contributed by atoms with Gasteiger partial charge >= 0.3 is 0 Å². The normalized spacial score (nSPS) is 15.8. The van der Waals surface area contributed by atoms with E-state index >= 15 is 0 Å². The van der Waals surface area contributed by atoms with E-state index in [0.29, 0.717) is 40.2 Å².